The smallest absolute Gasteiger partial charge is 0.278 e. The predicted octanol–water partition coefficient (Wildman–Crippen LogP) is 2.77. The Balaban J connectivity index is 1.73. The normalized spacial score (nSPS) is 22.4. The number of amides is 2. The molecule has 0 N–H and O–H groups in total. The van der Waals surface area contributed by atoms with Crippen LogP contribution in [-0.4, -0.2) is 23.6 Å². The van der Waals surface area contributed by atoms with Crippen molar-refractivity contribution in [2.45, 2.75) is 6.10 Å². The van der Waals surface area contributed by atoms with Crippen LogP contribution in [0.1, 0.15) is 5.56 Å². The molecule has 2 amide bonds. The van der Waals surface area contributed by atoms with Crippen molar-refractivity contribution < 1.29 is 18.8 Å². The van der Waals surface area contributed by atoms with Crippen LogP contribution in [0, 0.1) is 11.7 Å². The number of imide groups is 1. The van der Waals surface area contributed by atoms with Gasteiger partial charge in [-0.1, -0.05) is 35.0 Å². The molecular weight excluding hydrogens is 335 g/mol. The minimum Gasteiger partial charge on any atom is -0.381 e. The number of benzene rings is 2. The molecule has 2 aromatic rings. The molecule has 0 bridgehead atoms. The molecule has 2 atom stereocenters. The van der Waals surface area contributed by atoms with Crippen LogP contribution in [0.5, 0.6) is 0 Å². The fourth-order valence-corrected chi connectivity index (χ4v) is 3.15. The maximum Gasteiger partial charge on any atom is 0.278 e. The largest absolute Gasteiger partial charge is 0.381 e. The van der Waals surface area contributed by atoms with E-state index < -0.39 is 29.7 Å². The third-order valence-electron chi connectivity index (χ3n) is 4.05. The van der Waals surface area contributed by atoms with E-state index in [0.717, 1.165) is 4.90 Å². The first kappa shape index (κ1) is 14.8. The first-order valence-electron chi connectivity index (χ1n) is 7.20. The number of halogens is 2. The highest BCUT2D eigenvalue weighted by Gasteiger charge is 2.56. The van der Waals surface area contributed by atoms with Crippen molar-refractivity contribution in [1.82, 2.24) is 0 Å². The molecule has 120 valence electrons. The van der Waals surface area contributed by atoms with Crippen LogP contribution < -0.4 is 4.90 Å². The number of fused-ring (bicyclic) bond motifs is 1. The second kappa shape index (κ2) is 5.42. The molecule has 2 aliphatic rings. The highest BCUT2D eigenvalue weighted by Crippen LogP contribution is 2.36. The number of nitrogens with zero attached hydrogens (tertiary/aromatic N) is 2. The topological polar surface area (TPSA) is 59.0 Å². The van der Waals surface area contributed by atoms with E-state index in [1.165, 1.54) is 24.3 Å². The number of oxime groups is 1. The van der Waals surface area contributed by atoms with Gasteiger partial charge in [-0.3, -0.25) is 9.59 Å². The highest BCUT2D eigenvalue weighted by molar-refractivity contribution is 6.38. The highest BCUT2D eigenvalue weighted by atomic mass is 35.5. The number of hydrogen-bond acceptors (Lipinski definition) is 4. The van der Waals surface area contributed by atoms with Crippen molar-refractivity contribution in [2.24, 2.45) is 11.1 Å². The van der Waals surface area contributed by atoms with E-state index in [0.29, 0.717) is 22.0 Å². The Morgan fingerprint density at radius 3 is 2.46 bits per heavy atom. The molecule has 2 aromatic carbocycles. The first-order chi connectivity index (χ1) is 11.6. The average molecular weight is 345 g/mol. The van der Waals surface area contributed by atoms with Crippen molar-refractivity contribution in [2.75, 3.05) is 4.90 Å². The van der Waals surface area contributed by atoms with Crippen LogP contribution in [0.4, 0.5) is 10.1 Å². The Morgan fingerprint density at radius 2 is 1.75 bits per heavy atom. The quantitative estimate of drug-likeness (QED) is 0.787. The molecule has 0 radical (unpaired) electrons. The third-order valence-corrected chi connectivity index (χ3v) is 4.38. The maximum atomic E-state index is 13.1. The monoisotopic (exact) mass is 344 g/mol. The maximum absolute atomic E-state index is 13.1. The van der Waals surface area contributed by atoms with E-state index in [1.807, 2.05) is 0 Å². The zero-order valence-electron chi connectivity index (χ0n) is 12.1. The molecule has 5 nitrogen and oxygen atoms in total. The molecule has 1 fully saturated rings. The van der Waals surface area contributed by atoms with Crippen LogP contribution in [-0.2, 0) is 14.4 Å². The van der Waals surface area contributed by atoms with Crippen molar-refractivity contribution in [1.29, 1.82) is 0 Å². The number of carbonyl (C=O) groups excluding carboxylic acids is 2. The fourth-order valence-electron chi connectivity index (χ4n) is 2.91. The molecule has 0 spiro atoms. The lowest BCUT2D eigenvalue weighted by Gasteiger charge is -2.15. The summed E-state index contributed by atoms with van der Waals surface area (Å²) in [6.45, 7) is 0. The van der Waals surface area contributed by atoms with Crippen LogP contribution in [0.2, 0.25) is 5.02 Å². The van der Waals surface area contributed by atoms with E-state index in [2.05, 4.69) is 5.16 Å². The molecule has 2 heterocycles. The standard InChI is InChI=1S/C17H10ClFN2O3/c18-12-4-2-1-3-11(12)14-13-15(24-20-14)17(23)21(16(13)22)10-7-5-9(19)6-8-10/h1-8,13,15H/t13-,15+/m0/s1. The van der Waals surface area contributed by atoms with Gasteiger partial charge in [0.1, 0.15) is 17.4 Å². The fraction of sp³-hybridized carbons (Fsp3) is 0.118. The van der Waals surface area contributed by atoms with Gasteiger partial charge in [0.2, 0.25) is 12.0 Å². The van der Waals surface area contributed by atoms with Gasteiger partial charge < -0.3 is 4.84 Å². The lowest BCUT2D eigenvalue weighted by atomic mass is 9.94. The summed E-state index contributed by atoms with van der Waals surface area (Å²) in [5.74, 6) is -2.30. The van der Waals surface area contributed by atoms with Crippen molar-refractivity contribution in [3.05, 3.63) is 64.9 Å². The van der Waals surface area contributed by atoms with Gasteiger partial charge in [0.25, 0.3) is 5.91 Å². The molecule has 0 aromatic heterocycles. The Morgan fingerprint density at radius 1 is 1.04 bits per heavy atom. The number of anilines is 1. The Bertz CT molecular complexity index is 882. The van der Waals surface area contributed by atoms with E-state index in [1.54, 1.807) is 24.3 Å². The molecule has 1 saturated heterocycles. The Kier molecular flexibility index (Phi) is 3.35. The van der Waals surface area contributed by atoms with Gasteiger partial charge >= 0.3 is 0 Å². The van der Waals surface area contributed by atoms with Gasteiger partial charge in [-0.05, 0) is 30.3 Å². The van der Waals surface area contributed by atoms with Gasteiger partial charge in [0, 0.05) is 10.6 Å². The summed E-state index contributed by atoms with van der Waals surface area (Å²) in [6, 6.07) is 12.0. The molecule has 7 heteroatoms. The molecule has 0 saturated carbocycles. The predicted molar refractivity (Wildman–Crippen MR) is 85.2 cm³/mol. The van der Waals surface area contributed by atoms with Gasteiger partial charge in [-0.2, -0.15) is 0 Å². The van der Waals surface area contributed by atoms with Crippen LogP contribution >= 0.6 is 11.6 Å². The van der Waals surface area contributed by atoms with Crippen molar-refractivity contribution in [3.63, 3.8) is 0 Å². The summed E-state index contributed by atoms with van der Waals surface area (Å²) in [7, 11) is 0. The van der Waals surface area contributed by atoms with Crippen molar-refractivity contribution >= 4 is 34.8 Å². The third kappa shape index (κ3) is 2.11. The Labute approximate surface area is 141 Å². The second-order valence-electron chi connectivity index (χ2n) is 5.45. The van der Waals surface area contributed by atoms with Crippen LogP contribution in [0.3, 0.4) is 0 Å². The van der Waals surface area contributed by atoms with E-state index in [-0.39, 0.29) is 0 Å². The van der Waals surface area contributed by atoms with Crippen LogP contribution in [0.15, 0.2) is 53.7 Å². The molecule has 0 unspecified atom stereocenters. The zero-order valence-corrected chi connectivity index (χ0v) is 12.9. The van der Waals surface area contributed by atoms with Crippen LogP contribution in [0.25, 0.3) is 0 Å². The lowest BCUT2D eigenvalue weighted by molar-refractivity contribution is -0.126. The number of hydrogen-bond donors (Lipinski definition) is 0. The summed E-state index contributed by atoms with van der Waals surface area (Å²) >= 11 is 6.16. The number of carbonyl (C=O) groups is 2. The Hall–Kier alpha value is -2.73. The summed E-state index contributed by atoms with van der Waals surface area (Å²) < 4.78 is 13.1. The van der Waals surface area contributed by atoms with Gasteiger partial charge in [-0.15, -0.1) is 0 Å². The summed E-state index contributed by atoms with van der Waals surface area (Å²) in [5, 5.41) is 4.32. The zero-order chi connectivity index (χ0) is 16.8. The lowest BCUT2D eigenvalue weighted by Crippen LogP contribution is -2.33. The van der Waals surface area contributed by atoms with Gasteiger partial charge in [-0.25, -0.2) is 9.29 Å². The van der Waals surface area contributed by atoms with E-state index in [4.69, 9.17) is 16.4 Å². The van der Waals surface area contributed by atoms with Gasteiger partial charge in [0.05, 0.1) is 5.69 Å². The molecule has 4 rings (SSSR count). The molecule has 0 aliphatic carbocycles. The summed E-state index contributed by atoms with van der Waals surface area (Å²) in [6.07, 6.45) is -1.02. The van der Waals surface area contributed by atoms with Gasteiger partial charge in [0.15, 0.2) is 0 Å². The average Bonchev–Trinajstić information content (AvgIpc) is 3.10. The SMILES string of the molecule is O=C1[C@H]2C(c3ccccc3Cl)=NO[C@H]2C(=O)N1c1ccc(F)cc1. The summed E-state index contributed by atoms with van der Waals surface area (Å²) in [5.41, 5.74) is 1.17. The van der Waals surface area contributed by atoms with E-state index in [9.17, 15) is 14.0 Å². The minimum atomic E-state index is -1.02. The second-order valence-corrected chi connectivity index (χ2v) is 5.86. The molecular formula is C17H10ClFN2O3. The minimum absolute atomic E-state index is 0.294. The summed E-state index contributed by atoms with van der Waals surface area (Å²) in [4.78, 5) is 31.5. The van der Waals surface area contributed by atoms with E-state index >= 15 is 0 Å². The molecule has 24 heavy (non-hydrogen) atoms. The molecule has 2 aliphatic heterocycles. The first-order valence-corrected chi connectivity index (χ1v) is 7.57. The number of rotatable bonds is 2. The van der Waals surface area contributed by atoms with Crippen molar-refractivity contribution in [3.8, 4) is 0 Å².